The zero-order valence-electron chi connectivity index (χ0n) is 9.68. The molecule has 6 nitrogen and oxygen atoms in total. The fraction of sp³-hybridized carbons (Fsp3) is 0.273. The molecule has 2 aromatic rings. The van der Waals surface area contributed by atoms with Gasteiger partial charge in [-0.25, -0.2) is 4.98 Å². The Balaban J connectivity index is 1.88. The molecule has 2 heterocycles. The largest absolute Gasteiger partial charge is 0.339 e. The first-order valence-corrected chi connectivity index (χ1v) is 5.72. The Bertz CT molecular complexity index is 555. The summed E-state index contributed by atoms with van der Waals surface area (Å²) in [6.45, 7) is 1.72. The van der Waals surface area contributed by atoms with Gasteiger partial charge in [-0.1, -0.05) is 16.8 Å². The minimum Gasteiger partial charge on any atom is -0.339 e. The lowest BCUT2D eigenvalue weighted by atomic mass is 10.3. The lowest BCUT2D eigenvalue weighted by molar-refractivity contribution is -0.116. The highest BCUT2D eigenvalue weighted by Gasteiger charge is 2.09. The topological polar surface area (TPSA) is 80.9 Å². The zero-order chi connectivity index (χ0) is 13.0. The van der Waals surface area contributed by atoms with E-state index in [0.717, 1.165) is 0 Å². The van der Waals surface area contributed by atoms with Gasteiger partial charge in [-0.2, -0.15) is 4.98 Å². The van der Waals surface area contributed by atoms with Gasteiger partial charge in [0.2, 0.25) is 11.8 Å². The number of anilines is 1. The molecule has 0 saturated heterocycles. The summed E-state index contributed by atoms with van der Waals surface area (Å²) in [6, 6.07) is 3.35. The smallest absolute Gasteiger partial charge is 0.227 e. The van der Waals surface area contributed by atoms with Crippen LogP contribution in [0.15, 0.2) is 22.9 Å². The Kier molecular flexibility index (Phi) is 3.88. The highest BCUT2D eigenvalue weighted by Crippen LogP contribution is 2.17. The lowest BCUT2D eigenvalue weighted by Crippen LogP contribution is -2.13. The summed E-state index contributed by atoms with van der Waals surface area (Å²) in [7, 11) is 0. The van der Waals surface area contributed by atoms with Crippen LogP contribution in [0.5, 0.6) is 0 Å². The SMILES string of the molecule is Cc1noc(CCC(=O)Nc2ncccc2Cl)n1. The van der Waals surface area contributed by atoms with Gasteiger partial charge in [-0.15, -0.1) is 0 Å². The van der Waals surface area contributed by atoms with Crippen LogP contribution in [0.2, 0.25) is 5.02 Å². The number of amides is 1. The predicted molar refractivity (Wildman–Crippen MR) is 65.2 cm³/mol. The van der Waals surface area contributed by atoms with Gasteiger partial charge in [-0.3, -0.25) is 4.79 Å². The van der Waals surface area contributed by atoms with Crippen LogP contribution in [0.4, 0.5) is 5.82 Å². The summed E-state index contributed by atoms with van der Waals surface area (Å²) in [4.78, 5) is 19.6. The van der Waals surface area contributed by atoms with Gasteiger partial charge in [-0.05, 0) is 19.1 Å². The number of hydrogen-bond donors (Lipinski definition) is 1. The number of hydrogen-bond acceptors (Lipinski definition) is 5. The molecule has 1 amide bonds. The minimum atomic E-state index is -0.202. The first kappa shape index (κ1) is 12.5. The summed E-state index contributed by atoms with van der Waals surface area (Å²) in [5, 5.41) is 6.66. The number of halogens is 1. The first-order valence-electron chi connectivity index (χ1n) is 5.34. The van der Waals surface area contributed by atoms with E-state index in [2.05, 4.69) is 20.4 Å². The van der Waals surface area contributed by atoms with Gasteiger partial charge in [0.05, 0.1) is 5.02 Å². The van der Waals surface area contributed by atoms with Crippen molar-refractivity contribution in [2.75, 3.05) is 5.32 Å². The molecule has 0 aliphatic heterocycles. The molecule has 0 radical (unpaired) electrons. The van der Waals surface area contributed by atoms with Crippen molar-refractivity contribution in [3.63, 3.8) is 0 Å². The van der Waals surface area contributed by atoms with Gasteiger partial charge in [0.1, 0.15) is 0 Å². The van der Waals surface area contributed by atoms with Crippen LogP contribution >= 0.6 is 11.6 Å². The average Bonchev–Trinajstić information content (AvgIpc) is 2.76. The average molecular weight is 267 g/mol. The molecular formula is C11H11ClN4O2. The summed E-state index contributed by atoms with van der Waals surface area (Å²) in [5.74, 6) is 1.14. The molecule has 0 spiro atoms. The van der Waals surface area contributed by atoms with Crippen molar-refractivity contribution in [3.05, 3.63) is 35.1 Å². The van der Waals surface area contributed by atoms with Crippen molar-refractivity contribution in [2.24, 2.45) is 0 Å². The third-order valence-corrected chi connectivity index (χ3v) is 2.46. The maximum Gasteiger partial charge on any atom is 0.227 e. The van der Waals surface area contributed by atoms with E-state index >= 15 is 0 Å². The Morgan fingerprint density at radius 1 is 1.56 bits per heavy atom. The number of rotatable bonds is 4. The Labute approximate surface area is 108 Å². The summed E-state index contributed by atoms with van der Waals surface area (Å²) < 4.78 is 4.91. The van der Waals surface area contributed by atoms with Crippen molar-refractivity contribution in [3.8, 4) is 0 Å². The van der Waals surface area contributed by atoms with Crippen LogP contribution in [0.25, 0.3) is 0 Å². The van der Waals surface area contributed by atoms with Crippen LogP contribution in [0.1, 0.15) is 18.1 Å². The fourth-order valence-corrected chi connectivity index (χ4v) is 1.50. The van der Waals surface area contributed by atoms with Gasteiger partial charge in [0, 0.05) is 19.0 Å². The van der Waals surface area contributed by atoms with Crippen molar-refractivity contribution >= 4 is 23.3 Å². The van der Waals surface area contributed by atoms with E-state index in [0.29, 0.717) is 29.0 Å². The number of nitrogens with one attached hydrogen (secondary N) is 1. The molecule has 2 rings (SSSR count). The summed E-state index contributed by atoms with van der Waals surface area (Å²) in [5.41, 5.74) is 0. The maximum atomic E-state index is 11.6. The van der Waals surface area contributed by atoms with Crippen molar-refractivity contribution in [1.82, 2.24) is 15.1 Å². The summed E-state index contributed by atoms with van der Waals surface area (Å²) in [6.07, 6.45) is 2.18. The normalized spacial score (nSPS) is 10.3. The molecule has 0 aromatic carbocycles. The van der Waals surface area contributed by atoms with Crippen LogP contribution in [-0.4, -0.2) is 21.0 Å². The molecule has 0 aliphatic carbocycles. The maximum absolute atomic E-state index is 11.6. The number of aryl methyl sites for hydroxylation is 2. The number of carbonyl (C=O) groups is 1. The van der Waals surface area contributed by atoms with E-state index in [1.54, 1.807) is 25.3 Å². The van der Waals surface area contributed by atoms with Crippen LogP contribution in [0, 0.1) is 6.92 Å². The zero-order valence-corrected chi connectivity index (χ0v) is 10.4. The first-order chi connectivity index (χ1) is 8.65. The van der Waals surface area contributed by atoms with Crippen molar-refractivity contribution < 1.29 is 9.32 Å². The highest BCUT2D eigenvalue weighted by molar-refractivity contribution is 6.33. The van der Waals surface area contributed by atoms with Gasteiger partial charge in [0.15, 0.2) is 11.6 Å². The van der Waals surface area contributed by atoms with E-state index in [9.17, 15) is 4.79 Å². The second-order valence-corrected chi connectivity index (χ2v) is 4.02. The second kappa shape index (κ2) is 5.59. The molecule has 0 saturated carbocycles. The molecule has 0 bridgehead atoms. The van der Waals surface area contributed by atoms with E-state index in [1.165, 1.54) is 0 Å². The highest BCUT2D eigenvalue weighted by atomic mass is 35.5. The number of aromatic nitrogens is 3. The molecule has 1 N–H and O–H groups in total. The van der Waals surface area contributed by atoms with Gasteiger partial charge in [0.25, 0.3) is 0 Å². The van der Waals surface area contributed by atoms with E-state index in [4.69, 9.17) is 16.1 Å². The number of nitrogens with zero attached hydrogens (tertiary/aromatic N) is 3. The molecule has 0 fully saturated rings. The molecule has 18 heavy (non-hydrogen) atoms. The standard InChI is InChI=1S/C11H11ClN4O2/c1-7-14-10(18-16-7)5-4-9(17)15-11-8(12)3-2-6-13-11/h2-3,6H,4-5H2,1H3,(H,13,15,17). The molecular weight excluding hydrogens is 256 g/mol. The van der Waals surface area contributed by atoms with E-state index in [-0.39, 0.29) is 12.3 Å². The van der Waals surface area contributed by atoms with Crippen molar-refractivity contribution in [1.29, 1.82) is 0 Å². The molecule has 7 heteroatoms. The van der Waals surface area contributed by atoms with Gasteiger partial charge >= 0.3 is 0 Å². The number of carbonyl (C=O) groups excluding carboxylic acids is 1. The molecule has 0 unspecified atom stereocenters. The monoisotopic (exact) mass is 266 g/mol. The Morgan fingerprint density at radius 3 is 3.06 bits per heavy atom. The molecule has 2 aromatic heterocycles. The fourth-order valence-electron chi connectivity index (χ4n) is 1.33. The quantitative estimate of drug-likeness (QED) is 0.915. The Hall–Kier alpha value is -1.95. The van der Waals surface area contributed by atoms with E-state index < -0.39 is 0 Å². The molecule has 0 aliphatic rings. The second-order valence-electron chi connectivity index (χ2n) is 3.62. The Morgan fingerprint density at radius 2 is 2.39 bits per heavy atom. The third kappa shape index (κ3) is 3.27. The third-order valence-electron chi connectivity index (χ3n) is 2.15. The molecule has 0 atom stereocenters. The number of pyridine rings is 1. The van der Waals surface area contributed by atoms with Gasteiger partial charge < -0.3 is 9.84 Å². The summed E-state index contributed by atoms with van der Waals surface area (Å²) >= 11 is 5.87. The molecule has 94 valence electrons. The predicted octanol–water partition coefficient (Wildman–Crippen LogP) is 2.00. The minimum absolute atomic E-state index is 0.202. The lowest BCUT2D eigenvalue weighted by Gasteiger charge is -2.04. The van der Waals surface area contributed by atoms with Crippen LogP contribution in [0.3, 0.4) is 0 Å². The van der Waals surface area contributed by atoms with Crippen molar-refractivity contribution in [2.45, 2.75) is 19.8 Å². The van der Waals surface area contributed by atoms with E-state index in [1.807, 2.05) is 0 Å². The van der Waals surface area contributed by atoms with Crippen LogP contribution < -0.4 is 5.32 Å². The van der Waals surface area contributed by atoms with Crippen LogP contribution in [-0.2, 0) is 11.2 Å².